The van der Waals surface area contributed by atoms with Crippen LogP contribution in [0.4, 0.5) is 26.3 Å². The molecule has 4 unspecified atom stereocenters. The van der Waals surface area contributed by atoms with E-state index in [2.05, 4.69) is 31.5 Å². The zero-order valence-corrected chi connectivity index (χ0v) is 43.2. The molecule has 3 saturated heterocycles. The minimum absolute atomic E-state index is 0.0185. The fraction of sp³-hybridized carbons (Fsp3) is 0.482. The molecule has 2 N–H and O–H groups in total. The van der Waals surface area contributed by atoms with Crippen LogP contribution < -0.4 is 0 Å². The monoisotopic (exact) mass is 1050 g/mol. The number of benzene rings is 3. The molecular formula is C56H74F6N2O10. The number of morpholine rings is 1. The molecule has 410 valence electrons. The van der Waals surface area contributed by atoms with Gasteiger partial charge in [0, 0.05) is 30.1 Å². The predicted molar refractivity (Wildman–Crippen MR) is 272 cm³/mol. The molecule has 18 heteroatoms. The molecule has 0 bridgehead atoms. The Hall–Kier alpha value is -5.47. The van der Waals surface area contributed by atoms with E-state index in [9.17, 15) is 35.9 Å². The molecule has 12 nitrogen and oxygen atoms in total. The number of Topliss-reactive ketones (excluding diaryl/α,β-unsaturated/α-hetero) is 1. The number of amides is 1. The second kappa shape index (κ2) is 34.9. The Morgan fingerprint density at radius 1 is 0.689 bits per heavy atom. The van der Waals surface area contributed by atoms with Gasteiger partial charge in [-0.15, -0.1) is 26.3 Å². The fourth-order valence-electron chi connectivity index (χ4n) is 7.62. The first kappa shape index (κ1) is 64.6. The number of fused-ring (bicyclic) bond motifs is 1. The van der Waals surface area contributed by atoms with E-state index in [1.54, 1.807) is 35.3 Å². The number of carbonyl (C=O) groups excluding carboxylic acids is 2. The number of carbonyl (C=O) groups is 2. The van der Waals surface area contributed by atoms with Crippen LogP contribution in [0, 0.1) is 40.8 Å². The topological polar surface area (TPSA) is 146 Å². The van der Waals surface area contributed by atoms with E-state index in [1.807, 2.05) is 34.6 Å². The van der Waals surface area contributed by atoms with Crippen molar-refractivity contribution in [3.63, 3.8) is 0 Å². The van der Waals surface area contributed by atoms with Crippen molar-refractivity contribution in [2.24, 2.45) is 11.1 Å². The number of oxime groups is 1. The van der Waals surface area contributed by atoms with E-state index in [-0.39, 0.29) is 79.0 Å². The molecule has 0 aliphatic carbocycles. The lowest BCUT2D eigenvalue weighted by molar-refractivity contribution is -0.141. The molecule has 3 aromatic rings. The van der Waals surface area contributed by atoms with Gasteiger partial charge in [0.2, 0.25) is 5.91 Å². The SMILES string of the molecule is C=CC(CC)OCC(=NO)c1cccc(F)c1F.C=CC(CC)OCC(=O)N1CCOCC1.C=CC(CC)OCC(=O)c1cccc(F)c1F.C=CC(O)CC.CC[C@H]1OC[C@]2(c3cccc(F)c3F)COC[C@H]12. The van der Waals surface area contributed by atoms with Crippen molar-refractivity contribution in [2.75, 3.05) is 65.9 Å². The summed E-state index contributed by atoms with van der Waals surface area (Å²) in [5, 5.41) is 20.3. The number of hydrogen-bond donors (Lipinski definition) is 2. The summed E-state index contributed by atoms with van der Waals surface area (Å²) >= 11 is 0. The molecule has 0 aromatic heterocycles. The molecular weight excluding hydrogens is 975 g/mol. The molecule has 3 aromatic carbocycles. The van der Waals surface area contributed by atoms with Crippen molar-refractivity contribution in [3.05, 3.63) is 157 Å². The maximum atomic E-state index is 14.0. The third-order valence-electron chi connectivity index (χ3n) is 12.2. The lowest BCUT2D eigenvalue weighted by atomic mass is 9.72. The second-order valence-electron chi connectivity index (χ2n) is 17.0. The van der Waals surface area contributed by atoms with Crippen LogP contribution in [0.1, 0.15) is 88.2 Å². The Labute approximate surface area is 432 Å². The van der Waals surface area contributed by atoms with Crippen molar-refractivity contribution in [1.29, 1.82) is 0 Å². The first-order chi connectivity index (χ1) is 35.5. The van der Waals surface area contributed by atoms with Crippen LogP contribution in [-0.2, 0) is 38.6 Å². The van der Waals surface area contributed by atoms with Gasteiger partial charge in [0.25, 0.3) is 0 Å². The molecule has 74 heavy (non-hydrogen) atoms. The van der Waals surface area contributed by atoms with Gasteiger partial charge in [0.1, 0.15) is 18.9 Å². The van der Waals surface area contributed by atoms with Crippen LogP contribution >= 0.6 is 0 Å². The molecule has 0 saturated carbocycles. The maximum absolute atomic E-state index is 14.0. The predicted octanol–water partition coefficient (Wildman–Crippen LogP) is 10.7. The number of rotatable bonds is 21. The van der Waals surface area contributed by atoms with E-state index in [4.69, 9.17) is 38.7 Å². The van der Waals surface area contributed by atoms with Gasteiger partial charge in [0.05, 0.1) is 81.1 Å². The highest BCUT2D eigenvalue weighted by Crippen LogP contribution is 2.47. The lowest BCUT2D eigenvalue weighted by Gasteiger charge is -2.27. The quantitative estimate of drug-likeness (QED) is 0.0264. The van der Waals surface area contributed by atoms with Gasteiger partial charge < -0.3 is 43.6 Å². The summed E-state index contributed by atoms with van der Waals surface area (Å²) in [4.78, 5) is 25.0. The van der Waals surface area contributed by atoms with E-state index >= 15 is 0 Å². The summed E-state index contributed by atoms with van der Waals surface area (Å²) in [5.41, 5.74) is -0.569. The second-order valence-corrected chi connectivity index (χ2v) is 17.0. The van der Waals surface area contributed by atoms with Crippen molar-refractivity contribution in [2.45, 2.75) is 103 Å². The van der Waals surface area contributed by atoms with Crippen LogP contribution in [0.3, 0.4) is 0 Å². The molecule has 0 radical (unpaired) electrons. The largest absolute Gasteiger partial charge is 0.411 e. The first-order valence-electron chi connectivity index (χ1n) is 24.7. The number of halogens is 6. The van der Waals surface area contributed by atoms with Crippen LogP contribution in [0.2, 0.25) is 0 Å². The summed E-state index contributed by atoms with van der Waals surface area (Å²) in [6.45, 7) is 27.6. The van der Waals surface area contributed by atoms with E-state index in [1.165, 1.54) is 30.3 Å². The van der Waals surface area contributed by atoms with Gasteiger partial charge in [-0.25, -0.2) is 26.3 Å². The Bertz CT molecular complexity index is 2240. The smallest absolute Gasteiger partial charge is 0.248 e. The van der Waals surface area contributed by atoms with Gasteiger partial charge in [-0.05, 0) is 62.4 Å². The first-order valence-corrected chi connectivity index (χ1v) is 24.7. The lowest BCUT2D eigenvalue weighted by Crippen LogP contribution is -2.42. The van der Waals surface area contributed by atoms with Crippen molar-refractivity contribution < 1.29 is 74.7 Å². The van der Waals surface area contributed by atoms with Crippen molar-refractivity contribution >= 4 is 17.4 Å². The Balaban J connectivity index is 0.000000326. The molecule has 0 spiro atoms. The third-order valence-corrected chi connectivity index (χ3v) is 12.2. The Morgan fingerprint density at radius 2 is 1.19 bits per heavy atom. The van der Waals surface area contributed by atoms with Crippen LogP contribution in [0.25, 0.3) is 0 Å². The normalized spacial score (nSPS) is 19.4. The number of aliphatic hydroxyl groups is 1. The number of nitrogens with zero attached hydrogens (tertiary/aromatic N) is 2. The summed E-state index contributed by atoms with van der Waals surface area (Å²) in [6, 6.07) is 11.5. The van der Waals surface area contributed by atoms with Crippen LogP contribution in [-0.4, -0.2) is 129 Å². The van der Waals surface area contributed by atoms with E-state index < -0.39 is 46.1 Å². The molecule has 6 rings (SSSR count). The van der Waals surface area contributed by atoms with Gasteiger partial charge in [-0.2, -0.15) is 0 Å². The van der Waals surface area contributed by atoms with Crippen molar-refractivity contribution in [1.82, 2.24) is 4.90 Å². The number of aliphatic hydroxyl groups excluding tert-OH is 1. The standard InChI is InChI=1S/C14H16F2O2.C13H15F2NO2.C13H14F2O2.C11H19NO3.C5H10O/c1-2-12-10-6-17-7-14(10,8-18-12)9-4-3-5-11(15)13(9)16;1-3-9(4-2)18-8-12(16-17)10-6-5-7-11(14)13(10)15;1-3-9(4-2)17-8-12(16)10-6-5-7-11(14)13(10)15;1-3-10(4-2)15-9-11(13)12-5-7-14-8-6-12;1-3-5(6)4-2/h3-5,10,12H,2,6-8H2,1H3;3,5-7,9,17H,1,4,8H2,2H3;3,5-7,9H,1,4,8H2,2H3;3,10H,1,4-9H2,2H3;3,5-6H,1,4H2,2H3/t10-,12-,14+;;;;/m1..../s1. The Morgan fingerprint density at radius 3 is 1.68 bits per heavy atom. The molecule has 7 atom stereocenters. The number of hydrogen-bond acceptors (Lipinski definition) is 11. The zero-order valence-electron chi connectivity index (χ0n) is 43.2. The molecule has 3 aliphatic rings. The molecule has 3 fully saturated rings. The van der Waals surface area contributed by atoms with Gasteiger partial charge >= 0.3 is 0 Å². The summed E-state index contributed by atoms with van der Waals surface area (Å²) < 4.78 is 113. The number of ether oxygens (including phenoxy) is 6. The van der Waals surface area contributed by atoms with Gasteiger partial charge in [0.15, 0.2) is 40.7 Å². The minimum Gasteiger partial charge on any atom is -0.411 e. The van der Waals surface area contributed by atoms with Crippen LogP contribution in [0.15, 0.2) is 110 Å². The van der Waals surface area contributed by atoms with Gasteiger partial charge in [-0.3, -0.25) is 9.59 Å². The zero-order chi connectivity index (χ0) is 55.2. The minimum atomic E-state index is -1.13. The highest BCUT2D eigenvalue weighted by molar-refractivity contribution is 6.01. The summed E-state index contributed by atoms with van der Waals surface area (Å²) in [5.74, 6) is -6.19. The van der Waals surface area contributed by atoms with Gasteiger partial charge in [-0.1, -0.05) is 88.3 Å². The van der Waals surface area contributed by atoms with Crippen molar-refractivity contribution in [3.8, 4) is 0 Å². The maximum Gasteiger partial charge on any atom is 0.248 e. The van der Waals surface area contributed by atoms with Crippen LogP contribution in [0.5, 0.6) is 0 Å². The fourth-order valence-corrected chi connectivity index (χ4v) is 7.62. The third kappa shape index (κ3) is 19.7. The average molecular weight is 1050 g/mol. The Kier molecular flexibility index (Phi) is 30.5. The van der Waals surface area contributed by atoms with E-state index in [0.29, 0.717) is 64.5 Å². The summed E-state index contributed by atoms with van der Waals surface area (Å²) in [7, 11) is 0. The van der Waals surface area contributed by atoms with E-state index in [0.717, 1.165) is 37.5 Å². The molecule has 3 heterocycles. The highest BCUT2D eigenvalue weighted by atomic mass is 19.2. The molecule has 3 aliphatic heterocycles. The molecule has 1 amide bonds. The number of ketones is 1. The summed E-state index contributed by atoms with van der Waals surface area (Å²) in [6.07, 6.45) is 9.54. The average Bonchev–Trinajstić information content (AvgIpc) is 4.01. The highest BCUT2D eigenvalue weighted by Gasteiger charge is 2.55.